The van der Waals surface area contributed by atoms with Crippen LogP contribution in [-0.2, 0) is 11.2 Å². The molecule has 0 amide bonds. The number of aromatic hydroxyl groups is 1. The van der Waals surface area contributed by atoms with E-state index in [4.69, 9.17) is 5.11 Å². The van der Waals surface area contributed by atoms with Crippen molar-refractivity contribution in [2.75, 3.05) is 0 Å². The molecule has 1 heterocycles. The van der Waals surface area contributed by atoms with Gasteiger partial charge in [-0.2, -0.15) is 0 Å². The molecule has 1 rings (SSSR count). The largest absolute Gasteiger partial charge is 0.493 e. The monoisotopic (exact) mass is 200 g/mol. The molecule has 6 heteroatoms. The number of aromatic nitrogens is 2. The van der Waals surface area contributed by atoms with E-state index in [9.17, 15) is 14.7 Å². The van der Waals surface area contributed by atoms with Crippen LogP contribution in [0.4, 0.5) is 0 Å². The Morgan fingerprint density at radius 1 is 1.57 bits per heavy atom. The zero-order valence-corrected chi connectivity index (χ0v) is 7.94. The molecule has 0 aliphatic heterocycles. The summed E-state index contributed by atoms with van der Waals surface area (Å²) < 4.78 is 1.24. The van der Waals surface area contributed by atoms with Gasteiger partial charge in [0, 0.05) is 6.04 Å². The smallest absolute Gasteiger partial charge is 0.308 e. The van der Waals surface area contributed by atoms with E-state index in [1.165, 1.54) is 4.68 Å². The molecule has 0 fully saturated rings. The molecule has 0 saturated heterocycles. The molecule has 0 bridgehead atoms. The van der Waals surface area contributed by atoms with Crippen molar-refractivity contribution in [3.63, 3.8) is 0 Å². The van der Waals surface area contributed by atoms with E-state index in [1.807, 2.05) is 0 Å². The molecule has 1 aromatic rings. The minimum atomic E-state index is -1.15. The third kappa shape index (κ3) is 1.78. The first-order valence-electron chi connectivity index (χ1n) is 4.17. The highest BCUT2D eigenvalue weighted by Gasteiger charge is 2.17. The maximum atomic E-state index is 11.2. The van der Waals surface area contributed by atoms with Crippen LogP contribution in [0, 0.1) is 0 Å². The standard InChI is InChI=1S/C8H12N2O4/c1-4(2)10-8(14)5(3-6(11)12)7(13)9-10/h4,14H,3H2,1-2H3,(H,9,13)(H,11,12). The average Bonchev–Trinajstić information content (AvgIpc) is 2.31. The van der Waals surface area contributed by atoms with E-state index >= 15 is 0 Å². The van der Waals surface area contributed by atoms with Crippen LogP contribution in [-0.4, -0.2) is 26.0 Å². The highest BCUT2D eigenvalue weighted by atomic mass is 16.4. The third-order valence-corrected chi connectivity index (χ3v) is 1.84. The Morgan fingerprint density at radius 2 is 2.14 bits per heavy atom. The maximum Gasteiger partial charge on any atom is 0.308 e. The van der Waals surface area contributed by atoms with E-state index in [1.54, 1.807) is 13.8 Å². The quantitative estimate of drug-likeness (QED) is 0.644. The van der Waals surface area contributed by atoms with E-state index in [-0.39, 0.29) is 17.5 Å². The van der Waals surface area contributed by atoms with Gasteiger partial charge in [-0.05, 0) is 13.8 Å². The topological polar surface area (TPSA) is 95.3 Å². The summed E-state index contributed by atoms with van der Waals surface area (Å²) in [6, 6.07) is -0.120. The van der Waals surface area contributed by atoms with E-state index in [0.717, 1.165) is 0 Å². The molecule has 78 valence electrons. The number of carbonyl (C=O) groups is 1. The molecule has 0 spiro atoms. The van der Waals surface area contributed by atoms with Crippen LogP contribution in [0.25, 0.3) is 0 Å². The van der Waals surface area contributed by atoms with Gasteiger partial charge in [-0.1, -0.05) is 0 Å². The van der Waals surface area contributed by atoms with Crippen molar-refractivity contribution in [3.05, 3.63) is 15.9 Å². The summed E-state index contributed by atoms with van der Waals surface area (Å²) in [6.07, 6.45) is -0.471. The second kappa shape index (κ2) is 3.57. The maximum absolute atomic E-state index is 11.2. The Kier molecular flexibility index (Phi) is 2.64. The van der Waals surface area contributed by atoms with Crippen LogP contribution >= 0.6 is 0 Å². The van der Waals surface area contributed by atoms with Crippen LogP contribution < -0.4 is 5.56 Å². The molecule has 0 unspecified atom stereocenters. The fraction of sp³-hybridized carbons (Fsp3) is 0.500. The second-order valence-corrected chi connectivity index (χ2v) is 3.28. The highest BCUT2D eigenvalue weighted by molar-refractivity contribution is 5.70. The lowest BCUT2D eigenvalue weighted by Crippen LogP contribution is -2.11. The summed E-state index contributed by atoms with van der Waals surface area (Å²) in [5, 5.41) is 20.4. The number of nitrogens with one attached hydrogen (secondary N) is 1. The molecule has 0 aliphatic rings. The summed E-state index contributed by atoms with van der Waals surface area (Å²) in [7, 11) is 0. The van der Waals surface area contributed by atoms with Crippen molar-refractivity contribution < 1.29 is 15.0 Å². The Morgan fingerprint density at radius 3 is 2.50 bits per heavy atom. The van der Waals surface area contributed by atoms with Crippen LogP contribution in [0.5, 0.6) is 5.88 Å². The van der Waals surface area contributed by atoms with Crippen molar-refractivity contribution in [3.8, 4) is 5.88 Å². The van der Waals surface area contributed by atoms with Gasteiger partial charge in [0.25, 0.3) is 5.56 Å². The SMILES string of the molecule is CC(C)n1[nH]c(=O)c(CC(=O)O)c1O. The summed E-state index contributed by atoms with van der Waals surface area (Å²) >= 11 is 0. The zero-order chi connectivity index (χ0) is 10.9. The molecule has 6 nitrogen and oxygen atoms in total. The van der Waals surface area contributed by atoms with Crippen molar-refractivity contribution in [2.45, 2.75) is 26.3 Å². The van der Waals surface area contributed by atoms with Gasteiger partial charge in [0.2, 0.25) is 5.88 Å². The Hall–Kier alpha value is -1.72. The van der Waals surface area contributed by atoms with Crippen molar-refractivity contribution in [1.29, 1.82) is 0 Å². The van der Waals surface area contributed by atoms with E-state index in [2.05, 4.69) is 5.10 Å². The molecule has 3 N–H and O–H groups in total. The van der Waals surface area contributed by atoms with Gasteiger partial charge in [0.1, 0.15) is 0 Å². The lowest BCUT2D eigenvalue weighted by atomic mass is 10.2. The normalized spacial score (nSPS) is 10.8. The molecule has 0 aliphatic carbocycles. The number of nitrogens with zero attached hydrogens (tertiary/aromatic N) is 1. The average molecular weight is 200 g/mol. The third-order valence-electron chi connectivity index (χ3n) is 1.84. The lowest BCUT2D eigenvalue weighted by Gasteiger charge is -2.07. The minimum absolute atomic E-state index is 0.105. The molecular weight excluding hydrogens is 188 g/mol. The molecular formula is C8H12N2O4. The molecule has 14 heavy (non-hydrogen) atoms. The van der Waals surface area contributed by atoms with Crippen molar-refractivity contribution in [1.82, 2.24) is 9.78 Å². The number of rotatable bonds is 3. The number of hydrogen-bond donors (Lipinski definition) is 3. The van der Waals surface area contributed by atoms with Crippen molar-refractivity contribution >= 4 is 5.97 Å². The molecule has 1 aromatic heterocycles. The van der Waals surface area contributed by atoms with Crippen molar-refractivity contribution in [2.24, 2.45) is 0 Å². The van der Waals surface area contributed by atoms with Crippen LogP contribution in [0.15, 0.2) is 4.79 Å². The highest BCUT2D eigenvalue weighted by Crippen LogP contribution is 2.17. The summed E-state index contributed by atoms with van der Waals surface area (Å²) in [5.41, 5.74) is -0.662. The Bertz CT molecular complexity index is 402. The summed E-state index contributed by atoms with van der Waals surface area (Å²) in [5.74, 6) is -1.44. The van der Waals surface area contributed by atoms with Gasteiger partial charge < -0.3 is 10.2 Å². The second-order valence-electron chi connectivity index (χ2n) is 3.28. The van der Waals surface area contributed by atoms with Crippen LogP contribution in [0.2, 0.25) is 0 Å². The Balaban J connectivity index is 3.18. The van der Waals surface area contributed by atoms with E-state index in [0.29, 0.717) is 0 Å². The number of aromatic amines is 1. The van der Waals surface area contributed by atoms with Gasteiger partial charge in [-0.25, -0.2) is 0 Å². The lowest BCUT2D eigenvalue weighted by molar-refractivity contribution is -0.136. The fourth-order valence-corrected chi connectivity index (χ4v) is 1.16. The first kappa shape index (κ1) is 10.4. The summed E-state index contributed by atoms with van der Waals surface area (Å²) in [4.78, 5) is 21.6. The first-order valence-corrected chi connectivity index (χ1v) is 4.17. The fourth-order valence-electron chi connectivity index (χ4n) is 1.16. The summed E-state index contributed by atoms with van der Waals surface area (Å²) in [6.45, 7) is 3.53. The minimum Gasteiger partial charge on any atom is -0.493 e. The van der Waals surface area contributed by atoms with Crippen LogP contribution in [0.1, 0.15) is 25.5 Å². The predicted molar refractivity (Wildman–Crippen MR) is 48.4 cm³/mol. The van der Waals surface area contributed by atoms with Gasteiger partial charge in [0.05, 0.1) is 12.0 Å². The van der Waals surface area contributed by atoms with Gasteiger partial charge in [-0.3, -0.25) is 19.4 Å². The number of carboxylic acids is 1. The number of carboxylic acid groups (broad SMARTS) is 1. The van der Waals surface area contributed by atoms with Gasteiger partial charge in [-0.15, -0.1) is 0 Å². The number of aliphatic carboxylic acids is 1. The molecule has 0 saturated carbocycles. The number of hydrogen-bond acceptors (Lipinski definition) is 3. The van der Waals surface area contributed by atoms with E-state index < -0.39 is 17.9 Å². The predicted octanol–water partition coefficient (Wildman–Crippen LogP) is 0.0900. The molecule has 0 atom stereocenters. The van der Waals surface area contributed by atoms with Gasteiger partial charge >= 0.3 is 5.97 Å². The number of H-pyrrole nitrogens is 1. The Labute approximate surface area is 79.8 Å². The zero-order valence-electron chi connectivity index (χ0n) is 7.94. The first-order chi connectivity index (χ1) is 6.43. The van der Waals surface area contributed by atoms with Crippen LogP contribution in [0.3, 0.4) is 0 Å². The molecule has 0 aromatic carbocycles. The van der Waals surface area contributed by atoms with Gasteiger partial charge in [0.15, 0.2) is 0 Å². The molecule has 0 radical (unpaired) electrons.